The monoisotopic (exact) mass is 287 g/mol. The molecule has 0 unspecified atom stereocenters. The number of amides is 1. The van der Waals surface area contributed by atoms with Gasteiger partial charge < -0.3 is 14.5 Å². The molecule has 5 heteroatoms. The van der Waals surface area contributed by atoms with Crippen molar-refractivity contribution in [2.45, 2.75) is 20.8 Å². The number of rotatable bonds is 3. The van der Waals surface area contributed by atoms with E-state index in [1.165, 1.54) is 7.11 Å². The number of furan rings is 1. The predicted molar refractivity (Wildman–Crippen MR) is 78.7 cm³/mol. The van der Waals surface area contributed by atoms with Gasteiger partial charge in [0, 0.05) is 5.69 Å². The molecule has 5 nitrogen and oxygen atoms in total. The molecule has 21 heavy (non-hydrogen) atoms. The highest BCUT2D eigenvalue weighted by molar-refractivity contribution is 6.06. The van der Waals surface area contributed by atoms with Crippen molar-refractivity contribution in [3.8, 4) is 0 Å². The summed E-state index contributed by atoms with van der Waals surface area (Å²) in [6.45, 7) is 5.37. The molecule has 0 atom stereocenters. The van der Waals surface area contributed by atoms with Crippen LogP contribution in [0.5, 0.6) is 0 Å². The van der Waals surface area contributed by atoms with Crippen molar-refractivity contribution >= 4 is 17.6 Å². The number of carbonyl (C=O) groups is 2. The minimum atomic E-state index is -0.444. The number of methoxy groups -OCH3 is 1. The van der Waals surface area contributed by atoms with E-state index in [0.29, 0.717) is 28.3 Å². The van der Waals surface area contributed by atoms with E-state index in [4.69, 9.17) is 4.42 Å². The maximum Gasteiger partial charge on any atom is 0.337 e. The molecule has 1 N–H and O–H groups in total. The Labute approximate surface area is 122 Å². The van der Waals surface area contributed by atoms with Gasteiger partial charge in [0.1, 0.15) is 11.5 Å². The Balaban J connectivity index is 2.28. The number of hydrogen-bond donors (Lipinski definition) is 1. The van der Waals surface area contributed by atoms with Crippen LogP contribution in [0.3, 0.4) is 0 Å². The zero-order valence-electron chi connectivity index (χ0n) is 12.4. The molecule has 0 bridgehead atoms. The summed E-state index contributed by atoms with van der Waals surface area (Å²) < 4.78 is 10.0. The number of carbonyl (C=O) groups excluding carboxylic acids is 2. The van der Waals surface area contributed by atoms with E-state index in [-0.39, 0.29) is 5.91 Å². The van der Waals surface area contributed by atoms with Crippen LogP contribution in [0.1, 0.15) is 37.8 Å². The highest BCUT2D eigenvalue weighted by Gasteiger charge is 2.15. The minimum Gasteiger partial charge on any atom is -0.466 e. The van der Waals surface area contributed by atoms with Crippen LogP contribution in [-0.4, -0.2) is 19.0 Å². The summed E-state index contributed by atoms with van der Waals surface area (Å²) in [6, 6.07) is 6.70. The maximum absolute atomic E-state index is 12.3. The fourth-order valence-corrected chi connectivity index (χ4v) is 2.05. The molecule has 2 aromatic rings. The SMILES string of the molecule is COC(=O)c1ccc(C)c(NC(=O)c2cc(C)oc2C)c1. The Morgan fingerprint density at radius 3 is 2.43 bits per heavy atom. The van der Waals surface area contributed by atoms with Gasteiger partial charge in [0.05, 0.1) is 18.2 Å². The summed E-state index contributed by atoms with van der Waals surface area (Å²) in [4.78, 5) is 23.8. The van der Waals surface area contributed by atoms with Crippen molar-refractivity contribution in [2.75, 3.05) is 12.4 Å². The molecule has 1 amide bonds. The van der Waals surface area contributed by atoms with Gasteiger partial charge in [0.15, 0.2) is 0 Å². The molecule has 0 saturated carbocycles. The van der Waals surface area contributed by atoms with E-state index in [9.17, 15) is 9.59 Å². The standard InChI is InChI=1S/C16H17NO4/c1-9-5-6-12(16(19)20-4)8-14(9)17-15(18)13-7-10(2)21-11(13)3/h5-8H,1-4H3,(H,17,18). The molecule has 1 aromatic heterocycles. The molecule has 0 spiro atoms. The van der Waals surface area contributed by atoms with Gasteiger partial charge in [0.2, 0.25) is 0 Å². The third-order valence-electron chi connectivity index (χ3n) is 3.19. The zero-order valence-corrected chi connectivity index (χ0v) is 12.4. The third-order valence-corrected chi connectivity index (χ3v) is 3.19. The van der Waals surface area contributed by atoms with Gasteiger partial charge in [-0.1, -0.05) is 6.07 Å². The predicted octanol–water partition coefficient (Wildman–Crippen LogP) is 3.24. The maximum atomic E-state index is 12.3. The second kappa shape index (κ2) is 5.83. The number of nitrogens with one attached hydrogen (secondary N) is 1. The largest absolute Gasteiger partial charge is 0.466 e. The Morgan fingerprint density at radius 2 is 1.86 bits per heavy atom. The molecular weight excluding hydrogens is 270 g/mol. The second-order valence-electron chi connectivity index (χ2n) is 4.80. The van der Waals surface area contributed by atoms with Gasteiger partial charge in [-0.3, -0.25) is 4.79 Å². The molecule has 2 rings (SSSR count). The lowest BCUT2D eigenvalue weighted by Crippen LogP contribution is -2.14. The number of hydrogen-bond acceptors (Lipinski definition) is 4. The van der Waals surface area contributed by atoms with Crippen LogP contribution in [0, 0.1) is 20.8 Å². The lowest BCUT2D eigenvalue weighted by molar-refractivity contribution is 0.0600. The van der Waals surface area contributed by atoms with E-state index in [1.54, 1.807) is 38.1 Å². The summed E-state index contributed by atoms with van der Waals surface area (Å²) in [5.74, 6) is 0.528. The molecule has 0 radical (unpaired) electrons. The van der Waals surface area contributed by atoms with Crippen molar-refractivity contribution in [3.05, 3.63) is 52.5 Å². The molecule has 1 heterocycles. The lowest BCUT2D eigenvalue weighted by atomic mass is 10.1. The normalized spacial score (nSPS) is 10.3. The van der Waals surface area contributed by atoms with Gasteiger partial charge in [0.25, 0.3) is 5.91 Å². The minimum absolute atomic E-state index is 0.269. The summed E-state index contributed by atoms with van der Waals surface area (Å²) in [6.07, 6.45) is 0. The summed E-state index contributed by atoms with van der Waals surface area (Å²) >= 11 is 0. The average molecular weight is 287 g/mol. The first-order valence-electron chi connectivity index (χ1n) is 6.49. The molecule has 0 aliphatic carbocycles. The number of ether oxygens (including phenoxy) is 1. The van der Waals surface area contributed by atoms with Crippen LogP contribution in [0.25, 0.3) is 0 Å². The van der Waals surface area contributed by atoms with Gasteiger partial charge in [-0.05, 0) is 44.5 Å². The van der Waals surface area contributed by atoms with Crippen LogP contribution in [0.4, 0.5) is 5.69 Å². The van der Waals surface area contributed by atoms with Gasteiger partial charge in [-0.25, -0.2) is 4.79 Å². The quantitative estimate of drug-likeness (QED) is 0.880. The summed E-state index contributed by atoms with van der Waals surface area (Å²) in [5, 5.41) is 2.79. The molecule has 0 saturated heterocycles. The van der Waals surface area contributed by atoms with Crippen LogP contribution in [-0.2, 0) is 4.74 Å². The van der Waals surface area contributed by atoms with Crippen molar-refractivity contribution in [2.24, 2.45) is 0 Å². The Morgan fingerprint density at radius 1 is 1.14 bits per heavy atom. The Hall–Kier alpha value is -2.56. The van der Waals surface area contributed by atoms with Gasteiger partial charge in [-0.15, -0.1) is 0 Å². The zero-order chi connectivity index (χ0) is 15.6. The molecule has 0 aliphatic rings. The number of esters is 1. The number of benzene rings is 1. The third kappa shape index (κ3) is 3.13. The molecule has 0 fully saturated rings. The highest BCUT2D eigenvalue weighted by Crippen LogP contribution is 2.20. The van der Waals surface area contributed by atoms with E-state index < -0.39 is 5.97 Å². The van der Waals surface area contributed by atoms with E-state index >= 15 is 0 Å². The molecular formula is C16H17NO4. The Kier molecular flexibility index (Phi) is 4.12. The van der Waals surface area contributed by atoms with Crippen LogP contribution in [0.2, 0.25) is 0 Å². The highest BCUT2D eigenvalue weighted by atomic mass is 16.5. The van der Waals surface area contributed by atoms with Crippen molar-refractivity contribution < 1.29 is 18.7 Å². The fraction of sp³-hybridized carbons (Fsp3) is 0.250. The molecule has 110 valence electrons. The number of anilines is 1. The number of aryl methyl sites for hydroxylation is 3. The van der Waals surface area contributed by atoms with Gasteiger partial charge in [-0.2, -0.15) is 0 Å². The topological polar surface area (TPSA) is 68.5 Å². The Bertz CT molecular complexity index is 700. The van der Waals surface area contributed by atoms with Crippen LogP contribution in [0.15, 0.2) is 28.7 Å². The van der Waals surface area contributed by atoms with E-state index in [1.807, 2.05) is 6.92 Å². The first-order chi connectivity index (χ1) is 9.92. The summed E-state index contributed by atoms with van der Waals surface area (Å²) in [7, 11) is 1.32. The van der Waals surface area contributed by atoms with Gasteiger partial charge >= 0.3 is 5.97 Å². The molecule has 1 aromatic carbocycles. The van der Waals surface area contributed by atoms with Crippen LogP contribution >= 0.6 is 0 Å². The molecule has 0 aliphatic heterocycles. The summed E-state index contributed by atoms with van der Waals surface area (Å²) in [5.41, 5.74) is 2.30. The fourth-order valence-electron chi connectivity index (χ4n) is 2.05. The van der Waals surface area contributed by atoms with Crippen molar-refractivity contribution in [3.63, 3.8) is 0 Å². The second-order valence-corrected chi connectivity index (χ2v) is 4.80. The van der Waals surface area contributed by atoms with Crippen LogP contribution < -0.4 is 5.32 Å². The lowest BCUT2D eigenvalue weighted by Gasteiger charge is -2.09. The smallest absolute Gasteiger partial charge is 0.337 e. The van der Waals surface area contributed by atoms with E-state index in [0.717, 1.165) is 5.56 Å². The van der Waals surface area contributed by atoms with Crippen molar-refractivity contribution in [1.82, 2.24) is 0 Å². The van der Waals surface area contributed by atoms with E-state index in [2.05, 4.69) is 10.1 Å². The first kappa shape index (κ1) is 14.8. The average Bonchev–Trinajstić information content (AvgIpc) is 2.79. The van der Waals surface area contributed by atoms with Crippen molar-refractivity contribution in [1.29, 1.82) is 0 Å². The first-order valence-corrected chi connectivity index (χ1v) is 6.49.